The van der Waals surface area contributed by atoms with E-state index in [1.54, 1.807) is 38.1 Å². The highest BCUT2D eigenvalue weighted by Gasteiger charge is 2.38. The number of ether oxygens (including phenoxy) is 2. The highest BCUT2D eigenvalue weighted by atomic mass is 32.2. The first kappa shape index (κ1) is 26.4. The lowest BCUT2D eigenvalue weighted by atomic mass is 9.98. The molecular formula is C25H33NO6S. The van der Waals surface area contributed by atoms with Crippen molar-refractivity contribution in [2.45, 2.75) is 57.4 Å². The third-order valence-electron chi connectivity index (χ3n) is 5.15. The molecule has 1 unspecified atom stereocenters. The molecule has 1 atom stereocenters. The number of alkyl carbamates (subject to hydrolysis) is 1. The van der Waals surface area contributed by atoms with Crippen molar-refractivity contribution in [3.8, 4) is 0 Å². The number of carbonyl (C=O) groups is 2. The van der Waals surface area contributed by atoms with Gasteiger partial charge in [-0.05, 0) is 38.8 Å². The van der Waals surface area contributed by atoms with E-state index in [1.807, 2.05) is 36.4 Å². The Kier molecular flexibility index (Phi) is 9.46. The van der Waals surface area contributed by atoms with Crippen molar-refractivity contribution >= 4 is 21.9 Å². The van der Waals surface area contributed by atoms with Crippen LogP contribution >= 0.6 is 0 Å². The topological polar surface area (TPSA) is 98.8 Å². The zero-order chi connectivity index (χ0) is 24.5. The SMILES string of the molecule is CC(C)NC(=O)OCC(C)(C)S(=O)(=O)CC(CC(=O)OCc1ccccc1)c1ccccc1. The molecule has 0 aliphatic carbocycles. The van der Waals surface area contributed by atoms with E-state index in [-0.39, 0.29) is 31.4 Å². The smallest absolute Gasteiger partial charge is 0.407 e. The molecule has 0 radical (unpaired) electrons. The molecule has 8 heteroatoms. The molecule has 0 spiro atoms. The molecule has 0 fully saturated rings. The molecule has 2 aromatic rings. The van der Waals surface area contributed by atoms with Crippen LogP contribution in [0.25, 0.3) is 0 Å². The van der Waals surface area contributed by atoms with Gasteiger partial charge in [0.1, 0.15) is 18.0 Å². The van der Waals surface area contributed by atoms with Gasteiger partial charge in [-0.1, -0.05) is 60.7 Å². The van der Waals surface area contributed by atoms with Gasteiger partial charge in [-0.2, -0.15) is 0 Å². The Bertz CT molecular complexity index is 1000. The molecular weight excluding hydrogens is 442 g/mol. The largest absolute Gasteiger partial charge is 0.461 e. The van der Waals surface area contributed by atoms with E-state index < -0.39 is 32.6 Å². The quantitative estimate of drug-likeness (QED) is 0.488. The second kappa shape index (κ2) is 11.8. The molecule has 7 nitrogen and oxygen atoms in total. The van der Waals surface area contributed by atoms with E-state index in [2.05, 4.69) is 5.32 Å². The summed E-state index contributed by atoms with van der Waals surface area (Å²) in [4.78, 5) is 24.4. The molecule has 33 heavy (non-hydrogen) atoms. The van der Waals surface area contributed by atoms with Gasteiger partial charge < -0.3 is 14.8 Å². The van der Waals surface area contributed by atoms with Gasteiger partial charge in [-0.15, -0.1) is 0 Å². The summed E-state index contributed by atoms with van der Waals surface area (Å²) in [5.74, 6) is -1.35. The number of benzene rings is 2. The van der Waals surface area contributed by atoms with Crippen LogP contribution in [0.3, 0.4) is 0 Å². The lowest BCUT2D eigenvalue weighted by Gasteiger charge is -2.27. The molecule has 0 heterocycles. The summed E-state index contributed by atoms with van der Waals surface area (Å²) in [6, 6.07) is 18.2. The number of nitrogens with one attached hydrogen (secondary N) is 1. The molecule has 0 aliphatic rings. The Labute approximate surface area is 196 Å². The van der Waals surface area contributed by atoms with E-state index in [9.17, 15) is 18.0 Å². The van der Waals surface area contributed by atoms with Gasteiger partial charge in [0.2, 0.25) is 0 Å². The second-order valence-corrected chi connectivity index (χ2v) is 11.5. The monoisotopic (exact) mass is 475 g/mol. The third-order valence-corrected chi connectivity index (χ3v) is 7.79. The van der Waals surface area contributed by atoms with Crippen LogP contribution in [0.2, 0.25) is 0 Å². The van der Waals surface area contributed by atoms with E-state index in [0.717, 1.165) is 11.1 Å². The lowest BCUT2D eigenvalue weighted by Crippen LogP contribution is -2.42. The average Bonchev–Trinajstić information content (AvgIpc) is 2.76. The number of sulfone groups is 1. The first-order chi connectivity index (χ1) is 15.5. The number of rotatable bonds is 11. The van der Waals surface area contributed by atoms with Crippen LogP contribution in [0.1, 0.15) is 51.2 Å². The van der Waals surface area contributed by atoms with Gasteiger partial charge in [-0.3, -0.25) is 4.79 Å². The van der Waals surface area contributed by atoms with E-state index in [0.29, 0.717) is 0 Å². The second-order valence-electron chi connectivity index (χ2n) is 8.87. The minimum atomic E-state index is -3.76. The molecule has 0 saturated carbocycles. The van der Waals surface area contributed by atoms with E-state index in [4.69, 9.17) is 9.47 Å². The lowest BCUT2D eigenvalue weighted by molar-refractivity contribution is -0.145. The molecule has 1 amide bonds. The van der Waals surface area contributed by atoms with Crippen LogP contribution in [0.4, 0.5) is 4.79 Å². The van der Waals surface area contributed by atoms with Crippen molar-refractivity contribution in [2.24, 2.45) is 0 Å². The Morgan fingerprint density at radius 1 is 0.939 bits per heavy atom. The first-order valence-corrected chi connectivity index (χ1v) is 12.6. The number of esters is 1. The van der Waals surface area contributed by atoms with Crippen molar-refractivity contribution in [1.29, 1.82) is 0 Å². The number of hydrogen-bond acceptors (Lipinski definition) is 6. The van der Waals surface area contributed by atoms with Crippen molar-refractivity contribution in [3.05, 3.63) is 71.8 Å². The molecule has 0 aromatic heterocycles. The molecule has 180 valence electrons. The number of carbonyl (C=O) groups excluding carboxylic acids is 2. The third kappa shape index (κ3) is 8.53. The van der Waals surface area contributed by atoms with Crippen LogP contribution in [0, 0.1) is 0 Å². The average molecular weight is 476 g/mol. The predicted octanol–water partition coefficient (Wildman–Crippen LogP) is 4.23. The van der Waals surface area contributed by atoms with Gasteiger partial charge in [0, 0.05) is 12.0 Å². The molecule has 2 aromatic carbocycles. The first-order valence-electron chi connectivity index (χ1n) is 10.9. The van der Waals surface area contributed by atoms with Gasteiger partial charge in [-0.25, -0.2) is 13.2 Å². The maximum absolute atomic E-state index is 13.3. The minimum absolute atomic E-state index is 0.0825. The highest BCUT2D eigenvalue weighted by molar-refractivity contribution is 7.92. The Hall–Kier alpha value is -2.87. The van der Waals surface area contributed by atoms with Gasteiger partial charge in [0.25, 0.3) is 0 Å². The summed E-state index contributed by atoms with van der Waals surface area (Å²) in [6.45, 7) is 6.42. The fourth-order valence-electron chi connectivity index (χ4n) is 3.09. The summed E-state index contributed by atoms with van der Waals surface area (Å²) < 4.78 is 35.7. The molecule has 2 rings (SSSR count). The van der Waals surface area contributed by atoms with Crippen LogP contribution in [0.5, 0.6) is 0 Å². The highest BCUT2D eigenvalue weighted by Crippen LogP contribution is 2.28. The minimum Gasteiger partial charge on any atom is -0.461 e. The van der Waals surface area contributed by atoms with Gasteiger partial charge >= 0.3 is 12.1 Å². The number of hydrogen-bond donors (Lipinski definition) is 1. The van der Waals surface area contributed by atoms with Crippen molar-refractivity contribution in [2.75, 3.05) is 12.4 Å². The molecule has 0 aliphatic heterocycles. The summed E-state index contributed by atoms with van der Waals surface area (Å²) in [5.41, 5.74) is 1.58. The van der Waals surface area contributed by atoms with Crippen LogP contribution in [-0.2, 0) is 30.7 Å². The predicted molar refractivity (Wildman–Crippen MR) is 128 cm³/mol. The summed E-state index contributed by atoms with van der Waals surface area (Å²) >= 11 is 0. The zero-order valence-electron chi connectivity index (χ0n) is 19.6. The Balaban J connectivity index is 2.10. The summed E-state index contributed by atoms with van der Waals surface area (Å²) in [6.07, 6.45) is -0.752. The van der Waals surface area contributed by atoms with E-state index in [1.165, 1.54) is 13.8 Å². The molecule has 0 bridgehead atoms. The van der Waals surface area contributed by atoms with Crippen molar-refractivity contribution < 1.29 is 27.5 Å². The van der Waals surface area contributed by atoms with Crippen LogP contribution in [-0.4, -0.2) is 43.6 Å². The summed E-state index contributed by atoms with van der Waals surface area (Å²) in [5, 5.41) is 2.57. The normalized spacial score (nSPS) is 12.8. The standard InChI is InChI=1S/C25H33NO6S/c1-19(2)26-24(28)32-18-25(3,4)33(29,30)17-22(21-13-9-6-10-14-21)15-23(27)31-16-20-11-7-5-8-12-20/h5-14,19,22H,15-18H2,1-4H3,(H,26,28). The fourth-order valence-corrected chi connectivity index (χ4v) is 4.62. The summed E-state index contributed by atoms with van der Waals surface area (Å²) in [7, 11) is -3.76. The molecule has 0 saturated heterocycles. The number of amides is 1. The Morgan fingerprint density at radius 2 is 1.52 bits per heavy atom. The fraction of sp³-hybridized carbons (Fsp3) is 0.440. The maximum atomic E-state index is 13.3. The zero-order valence-corrected chi connectivity index (χ0v) is 20.4. The van der Waals surface area contributed by atoms with Crippen molar-refractivity contribution in [1.82, 2.24) is 5.32 Å². The van der Waals surface area contributed by atoms with Gasteiger partial charge in [0.15, 0.2) is 9.84 Å². The van der Waals surface area contributed by atoms with Crippen molar-refractivity contribution in [3.63, 3.8) is 0 Å². The maximum Gasteiger partial charge on any atom is 0.407 e. The van der Waals surface area contributed by atoms with Gasteiger partial charge in [0.05, 0.1) is 12.2 Å². The Morgan fingerprint density at radius 3 is 2.09 bits per heavy atom. The van der Waals surface area contributed by atoms with Crippen LogP contribution < -0.4 is 5.32 Å². The molecule has 1 N–H and O–H groups in total. The van der Waals surface area contributed by atoms with E-state index >= 15 is 0 Å². The van der Waals surface area contributed by atoms with Crippen LogP contribution in [0.15, 0.2) is 60.7 Å².